The van der Waals surface area contributed by atoms with Gasteiger partial charge < -0.3 is 4.42 Å². The minimum absolute atomic E-state index is 0.0248. The number of nitro benzene ring substituents is 1. The second-order valence-corrected chi connectivity index (χ2v) is 3.52. The zero-order valence-corrected chi connectivity index (χ0v) is 9.43. The van der Waals surface area contributed by atoms with Crippen LogP contribution in [0.15, 0.2) is 22.6 Å². The normalized spacial score (nSPS) is 10.6. The molecule has 0 aliphatic carbocycles. The lowest BCUT2D eigenvalue weighted by Crippen LogP contribution is -1.99. The van der Waals surface area contributed by atoms with E-state index in [2.05, 4.69) is 20.9 Å². The maximum Gasteiger partial charge on any atom is 0.313 e. The Labute approximate surface area is 97.5 Å². The average molecular weight is 285 g/mol. The van der Waals surface area contributed by atoms with Crippen LogP contribution in [0.5, 0.6) is 0 Å². The van der Waals surface area contributed by atoms with Crippen molar-refractivity contribution in [3.63, 3.8) is 0 Å². The first-order valence-corrected chi connectivity index (χ1v) is 5.38. The van der Waals surface area contributed by atoms with Crippen molar-refractivity contribution in [2.24, 2.45) is 0 Å². The summed E-state index contributed by atoms with van der Waals surface area (Å²) in [4.78, 5) is 25.3. The summed E-state index contributed by atoms with van der Waals surface area (Å²) in [5.74, 6) is -0.480. The van der Waals surface area contributed by atoms with E-state index in [1.807, 2.05) is 0 Å². The monoisotopic (exact) mass is 284 g/mol. The third kappa shape index (κ3) is 1.69. The maximum absolute atomic E-state index is 11.3. The summed E-state index contributed by atoms with van der Waals surface area (Å²) in [7, 11) is 0. The molecule has 0 saturated carbocycles. The van der Waals surface area contributed by atoms with Crippen LogP contribution in [0.4, 0.5) is 5.69 Å². The van der Waals surface area contributed by atoms with Gasteiger partial charge in [0.05, 0.1) is 10.3 Å². The van der Waals surface area contributed by atoms with E-state index in [1.165, 1.54) is 12.1 Å². The van der Waals surface area contributed by atoms with Gasteiger partial charge in [-0.1, -0.05) is 22.0 Å². The number of oxazole rings is 1. The van der Waals surface area contributed by atoms with Gasteiger partial charge in [0.15, 0.2) is 0 Å². The van der Waals surface area contributed by atoms with Crippen molar-refractivity contribution in [2.45, 2.75) is 0 Å². The van der Waals surface area contributed by atoms with Crippen LogP contribution in [0.25, 0.3) is 11.1 Å². The van der Waals surface area contributed by atoms with Crippen molar-refractivity contribution in [3.8, 4) is 0 Å². The Morgan fingerprint density at radius 3 is 2.94 bits per heavy atom. The van der Waals surface area contributed by atoms with Crippen molar-refractivity contribution in [3.05, 3.63) is 34.2 Å². The van der Waals surface area contributed by atoms with Gasteiger partial charge >= 0.3 is 5.69 Å². The van der Waals surface area contributed by atoms with Crippen LogP contribution in [0.2, 0.25) is 0 Å². The van der Waals surface area contributed by atoms with Crippen LogP contribution in [0, 0.1) is 10.1 Å². The molecule has 0 fully saturated rings. The molecule has 82 valence electrons. The standard InChI is InChI=1S/C9H5BrN2O4/c10-4-7(13)9-11-5-2-1-3-6(12(14)15)8(5)16-9/h1-3H,4H2. The van der Waals surface area contributed by atoms with Crippen molar-refractivity contribution >= 4 is 38.5 Å². The van der Waals surface area contributed by atoms with E-state index in [9.17, 15) is 14.9 Å². The predicted octanol–water partition coefficient (Wildman–Crippen LogP) is 2.31. The Kier molecular flexibility index (Phi) is 2.69. The maximum atomic E-state index is 11.3. The number of nitrogens with zero attached hydrogens (tertiary/aromatic N) is 2. The number of ketones is 1. The molecule has 0 unspecified atom stereocenters. The van der Waals surface area contributed by atoms with E-state index in [4.69, 9.17) is 4.42 Å². The molecule has 0 aliphatic rings. The molecular weight excluding hydrogens is 280 g/mol. The smallest absolute Gasteiger partial charge is 0.313 e. The van der Waals surface area contributed by atoms with Crippen molar-refractivity contribution in [1.82, 2.24) is 4.98 Å². The summed E-state index contributed by atoms with van der Waals surface area (Å²) < 4.78 is 5.08. The number of para-hydroxylation sites is 1. The Morgan fingerprint density at radius 2 is 2.31 bits per heavy atom. The van der Waals surface area contributed by atoms with Crippen molar-refractivity contribution in [2.75, 3.05) is 5.33 Å². The first-order chi connectivity index (χ1) is 7.63. The number of Topliss-reactive ketones (excluding diaryl/α,β-unsaturated/α-hetero) is 1. The van der Waals surface area contributed by atoms with E-state index >= 15 is 0 Å². The van der Waals surface area contributed by atoms with Crippen molar-refractivity contribution < 1.29 is 14.1 Å². The van der Waals surface area contributed by atoms with Crippen LogP contribution >= 0.6 is 15.9 Å². The van der Waals surface area contributed by atoms with E-state index in [-0.39, 0.29) is 28.3 Å². The van der Waals surface area contributed by atoms with Crippen LogP contribution in [-0.2, 0) is 0 Å². The number of hydrogen-bond acceptors (Lipinski definition) is 5. The van der Waals surface area contributed by atoms with Gasteiger partial charge in [0.25, 0.3) is 5.89 Å². The number of rotatable bonds is 3. The van der Waals surface area contributed by atoms with Crippen LogP contribution in [0.1, 0.15) is 10.7 Å². The highest BCUT2D eigenvalue weighted by molar-refractivity contribution is 9.09. The fourth-order valence-electron chi connectivity index (χ4n) is 1.25. The predicted molar refractivity (Wildman–Crippen MR) is 58.8 cm³/mol. The number of nitro groups is 1. The van der Waals surface area contributed by atoms with Crippen molar-refractivity contribution in [1.29, 1.82) is 0 Å². The molecule has 0 bridgehead atoms. The molecule has 0 spiro atoms. The number of benzene rings is 1. The Morgan fingerprint density at radius 1 is 1.56 bits per heavy atom. The third-order valence-electron chi connectivity index (χ3n) is 1.95. The van der Waals surface area contributed by atoms with Crippen LogP contribution in [0.3, 0.4) is 0 Å². The zero-order valence-electron chi connectivity index (χ0n) is 7.84. The summed E-state index contributed by atoms with van der Waals surface area (Å²) in [6.07, 6.45) is 0. The van der Waals surface area contributed by atoms with E-state index in [1.54, 1.807) is 6.07 Å². The topological polar surface area (TPSA) is 86.2 Å². The number of carbonyl (C=O) groups excluding carboxylic acids is 1. The number of hydrogen-bond donors (Lipinski definition) is 0. The summed E-state index contributed by atoms with van der Waals surface area (Å²) in [6.45, 7) is 0. The number of aromatic nitrogens is 1. The SMILES string of the molecule is O=C(CBr)c1nc2cccc([N+](=O)[O-])c2o1. The highest BCUT2D eigenvalue weighted by atomic mass is 79.9. The minimum Gasteiger partial charge on any atom is -0.426 e. The lowest BCUT2D eigenvalue weighted by molar-refractivity contribution is -0.383. The summed E-state index contributed by atoms with van der Waals surface area (Å²) in [5.41, 5.74) is 0.133. The van der Waals surface area contributed by atoms with Gasteiger partial charge in [-0.15, -0.1) is 0 Å². The first kappa shape index (κ1) is 10.7. The quantitative estimate of drug-likeness (QED) is 0.374. The molecule has 0 radical (unpaired) electrons. The number of carbonyl (C=O) groups is 1. The molecule has 2 aromatic rings. The molecule has 0 atom stereocenters. The minimum atomic E-state index is -0.574. The zero-order chi connectivity index (χ0) is 11.7. The molecule has 1 aromatic carbocycles. The fraction of sp³-hybridized carbons (Fsp3) is 0.111. The number of non-ortho nitro benzene ring substituents is 1. The largest absolute Gasteiger partial charge is 0.426 e. The van der Waals surface area contributed by atoms with Gasteiger partial charge in [0, 0.05) is 6.07 Å². The first-order valence-electron chi connectivity index (χ1n) is 4.26. The molecule has 0 N–H and O–H groups in total. The summed E-state index contributed by atoms with van der Waals surface area (Å²) >= 11 is 2.97. The lowest BCUT2D eigenvalue weighted by atomic mass is 10.3. The van der Waals surface area contributed by atoms with E-state index in [0.29, 0.717) is 5.52 Å². The van der Waals surface area contributed by atoms with Gasteiger partial charge in [-0.05, 0) is 6.07 Å². The third-order valence-corrected chi connectivity index (χ3v) is 2.46. The molecule has 0 saturated heterocycles. The molecular formula is C9H5BrN2O4. The van der Waals surface area contributed by atoms with Gasteiger partial charge in [-0.25, -0.2) is 4.98 Å². The molecule has 2 rings (SSSR count). The average Bonchev–Trinajstić information content (AvgIpc) is 2.70. The van der Waals surface area contributed by atoms with Gasteiger partial charge in [-0.2, -0.15) is 0 Å². The second-order valence-electron chi connectivity index (χ2n) is 2.96. The number of halogens is 1. The van der Waals surface area contributed by atoms with E-state index in [0.717, 1.165) is 0 Å². The fourth-order valence-corrected chi connectivity index (χ4v) is 1.49. The molecule has 16 heavy (non-hydrogen) atoms. The molecule has 1 aromatic heterocycles. The summed E-state index contributed by atoms with van der Waals surface area (Å²) in [6, 6.07) is 4.35. The van der Waals surface area contributed by atoms with Crippen LogP contribution < -0.4 is 0 Å². The lowest BCUT2D eigenvalue weighted by Gasteiger charge is -1.89. The Hall–Kier alpha value is -1.76. The Balaban J connectivity index is 2.65. The number of alkyl halides is 1. The number of fused-ring (bicyclic) bond motifs is 1. The van der Waals surface area contributed by atoms with Gasteiger partial charge in [0.1, 0.15) is 5.52 Å². The molecule has 7 heteroatoms. The highest BCUT2D eigenvalue weighted by Crippen LogP contribution is 2.26. The van der Waals surface area contributed by atoms with E-state index < -0.39 is 4.92 Å². The molecule has 0 aliphatic heterocycles. The molecule has 1 heterocycles. The summed E-state index contributed by atoms with van der Waals surface area (Å²) in [5, 5.41) is 10.8. The molecule has 6 nitrogen and oxygen atoms in total. The van der Waals surface area contributed by atoms with Crippen LogP contribution in [-0.4, -0.2) is 21.0 Å². The van der Waals surface area contributed by atoms with Gasteiger partial charge in [0.2, 0.25) is 11.4 Å². The second kappa shape index (κ2) is 4.01. The Bertz CT molecular complexity index is 578. The molecule has 0 amide bonds. The van der Waals surface area contributed by atoms with Gasteiger partial charge in [-0.3, -0.25) is 14.9 Å². The highest BCUT2D eigenvalue weighted by Gasteiger charge is 2.20.